The molecule has 1 saturated heterocycles. The molecule has 1 fully saturated rings. The smallest absolute Gasteiger partial charge is 0.243 e. The molecule has 0 spiro atoms. The molecule has 0 aliphatic carbocycles. The fourth-order valence-corrected chi connectivity index (χ4v) is 4.09. The predicted octanol–water partition coefficient (Wildman–Crippen LogP) is 2.45. The molecular weight excluding hydrogens is 370 g/mol. The third-order valence-electron chi connectivity index (χ3n) is 3.78. The predicted molar refractivity (Wildman–Crippen MR) is 100 cm³/mol. The Morgan fingerprint density at radius 1 is 1.42 bits per heavy atom. The van der Waals surface area contributed by atoms with Gasteiger partial charge in [0.05, 0.1) is 28.8 Å². The van der Waals surface area contributed by atoms with Crippen molar-refractivity contribution in [2.45, 2.75) is 31.2 Å². The number of sulfonamides is 1. The van der Waals surface area contributed by atoms with Crippen LogP contribution < -0.4 is 10.6 Å². The summed E-state index contributed by atoms with van der Waals surface area (Å²) in [5, 5.41) is 6.90. The van der Waals surface area contributed by atoms with Crippen LogP contribution >= 0.6 is 23.8 Å². The summed E-state index contributed by atoms with van der Waals surface area (Å²) in [6.45, 7) is 5.56. The van der Waals surface area contributed by atoms with E-state index in [1.165, 1.54) is 16.4 Å². The van der Waals surface area contributed by atoms with E-state index >= 15 is 0 Å². The second-order valence-electron chi connectivity index (χ2n) is 5.57. The Kier molecular flexibility index (Phi) is 6.82. The normalized spacial score (nSPS) is 17.3. The van der Waals surface area contributed by atoms with Gasteiger partial charge < -0.3 is 15.4 Å². The third-order valence-corrected chi connectivity index (χ3v) is 6.23. The van der Waals surface area contributed by atoms with E-state index in [4.69, 9.17) is 28.6 Å². The van der Waals surface area contributed by atoms with Gasteiger partial charge >= 0.3 is 0 Å². The molecule has 2 rings (SSSR count). The van der Waals surface area contributed by atoms with Crippen LogP contribution in [0, 0.1) is 0 Å². The fraction of sp³-hybridized carbons (Fsp3) is 0.533. The van der Waals surface area contributed by atoms with Crippen molar-refractivity contribution in [3.05, 3.63) is 23.2 Å². The second kappa shape index (κ2) is 8.44. The Balaban J connectivity index is 2.20. The molecule has 0 saturated carbocycles. The molecule has 2 N–H and O–H groups in total. The van der Waals surface area contributed by atoms with Gasteiger partial charge in [0, 0.05) is 19.1 Å². The quantitative estimate of drug-likeness (QED) is 0.751. The highest BCUT2D eigenvalue weighted by Gasteiger charge is 2.27. The van der Waals surface area contributed by atoms with E-state index in [0.29, 0.717) is 42.1 Å². The molecule has 134 valence electrons. The van der Waals surface area contributed by atoms with Crippen LogP contribution in [0.4, 0.5) is 5.69 Å². The van der Waals surface area contributed by atoms with Crippen LogP contribution in [-0.4, -0.2) is 50.2 Å². The van der Waals surface area contributed by atoms with Gasteiger partial charge in [-0.15, -0.1) is 0 Å². The summed E-state index contributed by atoms with van der Waals surface area (Å²) in [4.78, 5) is 0.183. The number of thiocarbonyl (C=S) groups is 1. The molecule has 0 radical (unpaired) electrons. The van der Waals surface area contributed by atoms with E-state index in [0.717, 1.165) is 6.42 Å². The van der Waals surface area contributed by atoms with Gasteiger partial charge in [-0.25, -0.2) is 8.42 Å². The zero-order chi connectivity index (χ0) is 17.7. The average molecular weight is 392 g/mol. The van der Waals surface area contributed by atoms with Crippen molar-refractivity contribution >= 4 is 44.6 Å². The van der Waals surface area contributed by atoms with Gasteiger partial charge in [0.25, 0.3) is 0 Å². The van der Waals surface area contributed by atoms with Crippen LogP contribution in [0.5, 0.6) is 0 Å². The summed E-state index contributed by atoms with van der Waals surface area (Å²) < 4.78 is 32.0. The molecule has 1 heterocycles. The van der Waals surface area contributed by atoms with E-state index in [9.17, 15) is 8.42 Å². The maximum Gasteiger partial charge on any atom is 0.243 e. The number of ether oxygens (including phenoxy) is 1. The van der Waals surface area contributed by atoms with Crippen molar-refractivity contribution in [3.8, 4) is 0 Å². The Morgan fingerprint density at radius 3 is 2.71 bits per heavy atom. The van der Waals surface area contributed by atoms with Gasteiger partial charge in [-0.1, -0.05) is 18.5 Å². The molecule has 24 heavy (non-hydrogen) atoms. The Morgan fingerprint density at radius 2 is 2.08 bits per heavy atom. The van der Waals surface area contributed by atoms with Gasteiger partial charge in [-0.3, -0.25) is 0 Å². The van der Waals surface area contributed by atoms with E-state index in [1.54, 1.807) is 6.07 Å². The minimum Gasteiger partial charge on any atom is -0.379 e. The van der Waals surface area contributed by atoms with Crippen LogP contribution in [0.1, 0.15) is 20.3 Å². The van der Waals surface area contributed by atoms with Crippen LogP contribution in [-0.2, 0) is 14.8 Å². The molecule has 1 aliphatic heterocycles. The average Bonchev–Trinajstić information content (AvgIpc) is 2.57. The lowest BCUT2D eigenvalue weighted by molar-refractivity contribution is 0.0730. The SMILES string of the molecule is CC[C@H](C)NC(=S)Nc1cc(S(=O)(=O)N2CCOCC2)ccc1Cl. The van der Waals surface area contributed by atoms with Crippen LogP contribution in [0.2, 0.25) is 5.02 Å². The molecule has 0 amide bonds. The van der Waals surface area contributed by atoms with Crippen molar-refractivity contribution < 1.29 is 13.2 Å². The van der Waals surface area contributed by atoms with Gasteiger partial charge in [-0.05, 0) is 43.8 Å². The maximum absolute atomic E-state index is 12.7. The van der Waals surface area contributed by atoms with Gasteiger partial charge in [-0.2, -0.15) is 4.31 Å². The lowest BCUT2D eigenvalue weighted by atomic mass is 10.3. The molecular formula is C15H22ClN3O3S2. The van der Waals surface area contributed by atoms with E-state index in [-0.39, 0.29) is 10.9 Å². The zero-order valence-electron chi connectivity index (χ0n) is 13.7. The number of nitrogens with one attached hydrogen (secondary N) is 2. The van der Waals surface area contributed by atoms with Crippen LogP contribution in [0.25, 0.3) is 0 Å². The van der Waals surface area contributed by atoms with Crippen molar-refractivity contribution in [1.29, 1.82) is 0 Å². The Bertz CT molecular complexity index is 691. The number of anilines is 1. The summed E-state index contributed by atoms with van der Waals surface area (Å²) in [5.74, 6) is 0. The van der Waals surface area contributed by atoms with Gasteiger partial charge in [0.2, 0.25) is 10.0 Å². The number of rotatable bonds is 5. The zero-order valence-corrected chi connectivity index (χ0v) is 16.1. The number of nitrogens with zero attached hydrogens (tertiary/aromatic N) is 1. The Labute approximate surface area is 153 Å². The molecule has 1 aromatic rings. The highest BCUT2D eigenvalue weighted by molar-refractivity contribution is 7.89. The fourth-order valence-electron chi connectivity index (χ4n) is 2.18. The second-order valence-corrected chi connectivity index (χ2v) is 8.32. The molecule has 0 aromatic heterocycles. The topological polar surface area (TPSA) is 70.7 Å². The molecule has 1 atom stereocenters. The van der Waals surface area contributed by atoms with Crippen molar-refractivity contribution in [2.75, 3.05) is 31.6 Å². The first-order chi connectivity index (χ1) is 11.3. The largest absolute Gasteiger partial charge is 0.379 e. The first-order valence-electron chi connectivity index (χ1n) is 7.79. The number of morpholine rings is 1. The van der Waals surface area contributed by atoms with Crippen LogP contribution in [0.3, 0.4) is 0 Å². The van der Waals surface area contributed by atoms with Crippen molar-refractivity contribution in [2.24, 2.45) is 0 Å². The molecule has 1 aliphatic rings. The number of hydrogen-bond acceptors (Lipinski definition) is 4. The van der Waals surface area contributed by atoms with Crippen molar-refractivity contribution in [3.63, 3.8) is 0 Å². The molecule has 1 aromatic carbocycles. The highest BCUT2D eigenvalue weighted by atomic mass is 35.5. The van der Waals surface area contributed by atoms with Gasteiger partial charge in [0.1, 0.15) is 0 Å². The summed E-state index contributed by atoms with van der Waals surface area (Å²) in [6, 6.07) is 4.79. The summed E-state index contributed by atoms with van der Waals surface area (Å²) >= 11 is 11.4. The maximum atomic E-state index is 12.7. The highest BCUT2D eigenvalue weighted by Crippen LogP contribution is 2.27. The minimum atomic E-state index is -3.57. The summed E-state index contributed by atoms with van der Waals surface area (Å²) in [7, 11) is -3.57. The van der Waals surface area contributed by atoms with Gasteiger partial charge in [0.15, 0.2) is 5.11 Å². The molecule has 6 nitrogen and oxygen atoms in total. The standard InChI is InChI=1S/C15H22ClN3O3S2/c1-3-11(2)17-15(23)18-14-10-12(4-5-13(14)16)24(20,21)19-6-8-22-9-7-19/h4-5,10-11H,3,6-9H2,1-2H3,(H2,17,18,23)/t11-/m0/s1. The van der Waals surface area contributed by atoms with Crippen molar-refractivity contribution in [1.82, 2.24) is 9.62 Å². The summed E-state index contributed by atoms with van der Waals surface area (Å²) in [5.41, 5.74) is 0.465. The third kappa shape index (κ3) is 4.80. The minimum absolute atomic E-state index is 0.183. The van der Waals surface area contributed by atoms with E-state index in [2.05, 4.69) is 10.6 Å². The van der Waals surface area contributed by atoms with E-state index < -0.39 is 10.0 Å². The number of benzene rings is 1. The summed E-state index contributed by atoms with van der Waals surface area (Å²) in [6.07, 6.45) is 0.918. The molecule has 0 unspecified atom stereocenters. The Hall–Kier alpha value is -0.930. The van der Waals surface area contributed by atoms with E-state index in [1.807, 2.05) is 13.8 Å². The van der Waals surface area contributed by atoms with Crippen LogP contribution in [0.15, 0.2) is 23.1 Å². The first-order valence-corrected chi connectivity index (χ1v) is 10.0. The monoisotopic (exact) mass is 391 g/mol. The lowest BCUT2D eigenvalue weighted by Crippen LogP contribution is -2.40. The number of halogens is 1. The molecule has 0 bridgehead atoms. The first kappa shape index (κ1) is 19.4. The lowest BCUT2D eigenvalue weighted by Gasteiger charge is -2.26. The molecule has 9 heteroatoms. The number of hydrogen-bond donors (Lipinski definition) is 2.